The van der Waals surface area contributed by atoms with Gasteiger partial charge < -0.3 is 116 Å². The van der Waals surface area contributed by atoms with E-state index in [1.165, 1.54) is 0 Å². The number of rotatable bonds is 18. The number of carbonyl (C=O) groups is 1. The van der Waals surface area contributed by atoms with Gasteiger partial charge in [-0.3, -0.25) is 4.79 Å². The number of aliphatic hydroxyl groups excluding tert-OH is 5. The van der Waals surface area contributed by atoms with Crippen LogP contribution < -0.4 is 20.9 Å². The van der Waals surface area contributed by atoms with E-state index in [1.807, 2.05) is 24.3 Å². The van der Waals surface area contributed by atoms with Gasteiger partial charge in [-0.1, -0.05) is 92.1 Å². The minimum absolute atomic E-state index is 0. The molecule has 28 heteroatoms. The number of hydrogen-bond acceptors (Lipinski definition) is 11. The van der Waals surface area contributed by atoms with Gasteiger partial charge in [0.2, 0.25) is 0 Å². The van der Waals surface area contributed by atoms with Crippen molar-refractivity contribution in [3.05, 3.63) is 116 Å². The van der Waals surface area contributed by atoms with Gasteiger partial charge in [-0.25, -0.2) is 0 Å². The number of aliphatic hydroxyl groups is 10. The first-order chi connectivity index (χ1) is 29.3. The Balaban J connectivity index is -0.0000000707. The van der Waals surface area contributed by atoms with Crippen molar-refractivity contribution in [2.75, 3.05) is 0 Å². The fourth-order valence-electron chi connectivity index (χ4n) is 5.80. The van der Waals surface area contributed by atoms with E-state index in [0.717, 1.165) is 62.9 Å². The number of hydrogen-bond donors (Lipinski definition) is 11. The first-order valence-corrected chi connectivity index (χ1v) is 20.5. The molecular formula is C45H77N4O19Pr5-3. The Labute approximate surface area is 592 Å². The summed E-state index contributed by atoms with van der Waals surface area (Å²) in [6, 6.07) is 8.30. The molecule has 0 atom stereocenters. The van der Waals surface area contributed by atoms with Crippen LogP contribution in [-0.4, -0.2) is 126 Å². The molecule has 0 fully saturated rings. The summed E-state index contributed by atoms with van der Waals surface area (Å²) in [5.74, 6) is -0.797. The molecule has 0 unspecified atom stereocenters. The second-order valence-electron chi connectivity index (χ2n) is 14.1. The van der Waals surface area contributed by atoms with Crippen molar-refractivity contribution in [1.29, 1.82) is 0 Å². The van der Waals surface area contributed by atoms with Gasteiger partial charge in [-0.15, -0.1) is 22.7 Å². The first-order valence-electron chi connectivity index (χ1n) is 20.5. The molecule has 2 aromatic carbocycles. The van der Waals surface area contributed by atoms with E-state index in [1.54, 1.807) is 24.8 Å². The SMILES string of the molecule is C1=C[N-]c2c3c(ccc2=C1)=CC=C[N-]3.C1=C[N-]c2c3c(ccc2=C1)=CC=C[N-]3.O.O.O.O.O.O.O=C(O)CCCCCC(O)O.OC(O)CCCCCC(O)O.OC(O)CCCCCC(O)O.[OH3+].[Pr].[Pr].[Pr].[Pr].[Pr]. The van der Waals surface area contributed by atoms with E-state index in [0.29, 0.717) is 70.6 Å². The maximum absolute atomic E-state index is 10.00. The summed E-state index contributed by atoms with van der Waals surface area (Å²) in [7, 11) is 0. The number of aliphatic carboxylic acids is 1. The molecule has 23 nitrogen and oxygen atoms in total. The summed E-state index contributed by atoms with van der Waals surface area (Å²) < 4.78 is 0. The number of unbranched alkanes of at least 4 members (excludes halogenated alkanes) is 6. The van der Waals surface area contributed by atoms with Crippen LogP contribution in [0.2, 0.25) is 0 Å². The van der Waals surface area contributed by atoms with Gasteiger partial charge in [0.05, 0.1) is 0 Å². The average Bonchev–Trinajstić information content (AvgIpc) is 3.23. The quantitative estimate of drug-likeness (QED) is 0.0448. The molecule has 2 aromatic rings. The monoisotopic (exact) mass is 1680 g/mol. The van der Waals surface area contributed by atoms with Crippen molar-refractivity contribution in [2.24, 2.45) is 0 Å². The normalized spacial score (nSPS) is 10.9. The van der Waals surface area contributed by atoms with Crippen LogP contribution in [-0.2, 0) is 10.3 Å². The molecule has 26 N–H and O–H groups in total. The molecule has 0 bridgehead atoms. The number of nitrogens with zero attached hydrogens (tertiary/aromatic N) is 4. The van der Waals surface area contributed by atoms with E-state index in [4.69, 9.17) is 56.2 Å². The van der Waals surface area contributed by atoms with E-state index >= 15 is 0 Å². The minimum Gasteiger partial charge on any atom is -0.665 e. The minimum atomic E-state index is -1.25. The summed E-state index contributed by atoms with van der Waals surface area (Å²) in [5.41, 5.74) is 3.91. The van der Waals surface area contributed by atoms with E-state index in [-0.39, 0.29) is 251 Å². The molecule has 0 aromatic heterocycles. The Morgan fingerprint density at radius 1 is 0.356 bits per heavy atom. The van der Waals surface area contributed by atoms with Crippen molar-refractivity contribution < 1.29 is 306 Å². The van der Waals surface area contributed by atoms with E-state index < -0.39 is 37.4 Å². The molecule has 0 saturated heterocycles. The van der Waals surface area contributed by atoms with Gasteiger partial charge in [0.15, 0.2) is 31.5 Å². The third-order valence-electron chi connectivity index (χ3n) is 8.89. The number of fused-ring (bicyclic) bond motifs is 6. The van der Waals surface area contributed by atoms with Crippen LogP contribution in [0.25, 0.3) is 45.6 Å². The summed E-state index contributed by atoms with van der Waals surface area (Å²) in [6.07, 6.45) is 25.5. The van der Waals surface area contributed by atoms with Crippen molar-refractivity contribution in [1.82, 2.24) is 0 Å². The van der Waals surface area contributed by atoms with Crippen LogP contribution in [0.15, 0.2) is 73.4 Å². The second kappa shape index (κ2) is 62.9. The number of carboxylic acids is 1. The zero-order chi connectivity index (χ0) is 44.8. The van der Waals surface area contributed by atoms with Crippen molar-refractivity contribution >= 4 is 53.0 Å². The van der Waals surface area contributed by atoms with E-state index in [2.05, 4.69) is 69.8 Å². The molecule has 409 valence electrons. The zero-order valence-electron chi connectivity index (χ0n) is 40.8. The second-order valence-corrected chi connectivity index (χ2v) is 14.1. The van der Waals surface area contributed by atoms with E-state index in [9.17, 15) is 4.79 Å². The van der Waals surface area contributed by atoms with Crippen LogP contribution in [0.1, 0.15) is 96.3 Å². The maximum atomic E-state index is 10.00. The number of carboxylic acid groups (broad SMARTS) is 1. The standard InChI is InChI=1S/2C12H8N2.2C7H16O4.C7H14O4.7H2O.5Pr/c2*1-3-9-5-6-10-4-2-8-14-12(10)11(9)13-7-1;3*8-6(9)4-2-1-3-5-7(10)11;;;;;;;;;;;;/h2*1-8H;2*6-11H,1-5H2;6,8-9H,1-5H2,(H,10,11);7*1H2;;;;;/q2*-2;;;;;;;;;;;;;;;/p+1. The molecule has 0 aliphatic carbocycles. The van der Waals surface area contributed by atoms with Gasteiger partial charge in [-0.2, -0.15) is 24.8 Å². The number of benzene rings is 2. The molecule has 6 rings (SSSR count). The number of allylic oxidation sites excluding steroid dienone is 4. The van der Waals surface area contributed by atoms with Crippen molar-refractivity contribution in [3.63, 3.8) is 0 Å². The van der Waals surface area contributed by atoms with Gasteiger partial charge in [0.1, 0.15) is 0 Å². The molecule has 4 aliphatic rings. The topological polar surface area (TPSA) is 518 Å². The Hall–Kier alpha value is 1.69. The molecule has 4 aliphatic heterocycles. The average molecular weight is 1680 g/mol. The molecule has 0 amide bonds. The molecule has 4 heterocycles. The predicted molar refractivity (Wildman–Crippen MR) is 262 cm³/mol. The Kier molecular flexibility index (Phi) is 86.1. The van der Waals surface area contributed by atoms with Gasteiger partial charge in [-0.05, 0) is 91.5 Å². The third kappa shape index (κ3) is 49.3. The van der Waals surface area contributed by atoms with Crippen LogP contribution in [0.4, 0.5) is 22.7 Å². The van der Waals surface area contributed by atoms with Crippen molar-refractivity contribution in [3.8, 4) is 0 Å². The third-order valence-corrected chi connectivity index (χ3v) is 8.89. The molecule has 0 saturated carbocycles. The molecule has 73 heavy (non-hydrogen) atoms. The predicted octanol–water partition coefficient (Wildman–Crippen LogP) is -1.80. The van der Waals surface area contributed by atoms with Crippen LogP contribution >= 0.6 is 0 Å². The Bertz CT molecular complexity index is 1740. The maximum Gasteiger partial charge on any atom is 0.303 e. The summed E-state index contributed by atoms with van der Waals surface area (Å²) in [5, 5.41) is 114. The van der Waals surface area contributed by atoms with Gasteiger partial charge >= 0.3 is 5.97 Å². The van der Waals surface area contributed by atoms with Crippen LogP contribution in [0, 0.1) is 206 Å². The van der Waals surface area contributed by atoms with Gasteiger partial charge in [0.25, 0.3) is 0 Å². The summed E-state index contributed by atoms with van der Waals surface area (Å²) >= 11 is 0. The molecule has 5 radical (unpaired) electrons. The fraction of sp³-hybridized carbons (Fsp3) is 0.444. The van der Waals surface area contributed by atoms with Crippen LogP contribution in [0.5, 0.6) is 0 Å². The van der Waals surface area contributed by atoms with Crippen molar-refractivity contribution in [2.45, 2.75) is 128 Å². The molecule has 0 spiro atoms. The largest absolute Gasteiger partial charge is 0.665 e. The Morgan fingerprint density at radius 2 is 0.548 bits per heavy atom. The summed E-state index contributed by atoms with van der Waals surface area (Å²) in [4.78, 5) is 10.00. The Morgan fingerprint density at radius 3 is 0.726 bits per heavy atom. The fourth-order valence-corrected chi connectivity index (χ4v) is 5.80. The zero-order valence-corrected chi connectivity index (χ0v) is 59.3. The smallest absolute Gasteiger partial charge is 0.303 e. The summed E-state index contributed by atoms with van der Waals surface area (Å²) in [6.45, 7) is 0. The first kappa shape index (κ1) is 100.0. The molecular weight excluding hydrogens is 1610 g/mol. The van der Waals surface area contributed by atoms with Gasteiger partial charge in [0, 0.05) is 213 Å². The van der Waals surface area contributed by atoms with Crippen LogP contribution in [0.3, 0.4) is 0 Å².